The fourth-order valence-electron chi connectivity index (χ4n) is 1.66. The predicted molar refractivity (Wildman–Crippen MR) is 90.8 cm³/mol. The Bertz CT molecular complexity index is 869. The first-order valence-corrected chi connectivity index (χ1v) is 8.52. The van der Waals surface area contributed by atoms with Gasteiger partial charge >= 0.3 is 35.7 Å². The van der Waals surface area contributed by atoms with Crippen LogP contribution in [0.4, 0.5) is 23.9 Å². The number of ether oxygens (including phenoxy) is 3. The van der Waals surface area contributed by atoms with E-state index in [1.807, 2.05) is 0 Å². The van der Waals surface area contributed by atoms with Crippen LogP contribution in [0.1, 0.15) is 0 Å². The first-order valence-electron chi connectivity index (χ1n) is 7.44. The van der Waals surface area contributed by atoms with E-state index in [1.165, 1.54) is 26.4 Å². The van der Waals surface area contributed by atoms with Crippen LogP contribution in [-0.2, 0) is 15.4 Å². The average molecular weight is 459 g/mol. The average Bonchev–Trinajstić information content (AvgIpc) is 2.69. The second kappa shape index (κ2) is 11.8. The Hall–Kier alpha value is -2.20. The molecular formula is C14H13F3N5NaO6S. The first kappa shape index (κ1) is 25.8. The van der Waals surface area contributed by atoms with Crippen LogP contribution >= 0.6 is 0 Å². The van der Waals surface area contributed by atoms with Gasteiger partial charge in [-0.15, -0.1) is 0 Å². The molecule has 1 unspecified atom stereocenters. The van der Waals surface area contributed by atoms with Crippen LogP contribution in [0.5, 0.6) is 17.5 Å². The van der Waals surface area contributed by atoms with Crippen molar-refractivity contribution in [3.05, 3.63) is 29.9 Å². The van der Waals surface area contributed by atoms with E-state index in [0.717, 1.165) is 12.3 Å². The minimum Gasteiger partial charge on any atom is -0.481 e. The molecule has 2 aromatic rings. The number of alkyl halides is 3. The van der Waals surface area contributed by atoms with Crippen LogP contribution in [0.25, 0.3) is 5.48 Å². The Kier molecular flexibility index (Phi) is 10.2. The second-order valence-corrected chi connectivity index (χ2v) is 5.82. The molecule has 30 heavy (non-hydrogen) atoms. The van der Waals surface area contributed by atoms with Gasteiger partial charge in [-0.3, -0.25) is 10.3 Å². The Morgan fingerprint density at radius 2 is 1.87 bits per heavy atom. The van der Waals surface area contributed by atoms with Crippen LogP contribution in [-0.4, -0.2) is 52.2 Å². The number of aromatic nitrogens is 3. The van der Waals surface area contributed by atoms with Crippen molar-refractivity contribution in [1.29, 1.82) is 0 Å². The molecule has 0 aliphatic heterocycles. The maximum Gasteiger partial charge on any atom is 1.00 e. The molecular weight excluding hydrogens is 446 g/mol. The number of nitrogens with one attached hydrogen (secondary N) is 1. The number of methoxy groups -OCH3 is 2. The van der Waals surface area contributed by atoms with Crippen LogP contribution in [0.3, 0.4) is 0 Å². The van der Waals surface area contributed by atoms with E-state index in [9.17, 15) is 22.2 Å². The molecule has 0 fully saturated rings. The molecule has 0 bridgehead atoms. The van der Waals surface area contributed by atoms with Crippen molar-refractivity contribution in [2.75, 3.05) is 26.1 Å². The van der Waals surface area contributed by atoms with Gasteiger partial charge < -0.3 is 19.5 Å². The Labute approximate surface area is 192 Å². The molecule has 16 heteroatoms. The van der Waals surface area contributed by atoms with Crippen molar-refractivity contribution >= 4 is 23.1 Å². The predicted octanol–water partition coefficient (Wildman–Crippen LogP) is -0.606. The molecule has 2 amide bonds. The first-order chi connectivity index (χ1) is 13.7. The molecule has 11 nitrogen and oxygen atoms in total. The van der Waals surface area contributed by atoms with E-state index in [-0.39, 0.29) is 47.3 Å². The van der Waals surface area contributed by atoms with Gasteiger partial charge in [-0.1, -0.05) is 0 Å². The summed E-state index contributed by atoms with van der Waals surface area (Å²) >= 11 is -2.53. The monoisotopic (exact) mass is 459 g/mol. The van der Waals surface area contributed by atoms with Crippen molar-refractivity contribution in [3.63, 3.8) is 0 Å². The molecule has 0 aliphatic carbocycles. The fourth-order valence-corrected chi connectivity index (χ4v) is 2.31. The third-order valence-electron chi connectivity index (χ3n) is 2.79. The van der Waals surface area contributed by atoms with Gasteiger partial charge in [0, 0.05) is 6.20 Å². The molecule has 0 aromatic carbocycles. The van der Waals surface area contributed by atoms with Gasteiger partial charge in [0.05, 0.1) is 20.3 Å². The van der Waals surface area contributed by atoms with E-state index < -0.39 is 40.7 Å². The van der Waals surface area contributed by atoms with Gasteiger partial charge in [-0.05, 0) is 12.1 Å². The van der Waals surface area contributed by atoms with Gasteiger partial charge in [0.2, 0.25) is 22.8 Å². The number of hydrogen-bond acceptors (Lipinski definition) is 9. The normalized spacial score (nSPS) is 11.6. The zero-order valence-electron chi connectivity index (χ0n) is 15.8. The molecule has 1 N–H and O–H groups in total. The number of rotatable bonds is 8. The number of nitrogens with zero attached hydrogens (tertiary/aromatic N) is 4. The SMILES string of the molecule is COc1cc(OC)nc(NC(=O)[N-]OS(=O)c2ncccc2OCC(F)(F)F)n1.[Na+]. The number of carbonyl (C=O) groups excluding carboxylic acids is 1. The van der Waals surface area contributed by atoms with Crippen LogP contribution in [0.2, 0.25) is 0 Å². The number of amides is 2. The van der Waals surface area contributed by atoms with Crippen molar-refractivity contribution in [3.8, 4) is 17.5 Å². The number of urea groups is 1. The maximum absolute atomic E-state index is 12.3. The van der Waals surface area contributed by atoms with Crippen LogP contribution in [0, 0.1) is 0 Å². The van der Waals surface area contributed by atoms with E-state index in [0.29, 0.717) is 0 Å². The molecule has 0 saturated carbocycles. The molecule has 1 atom stereocenters. The summed E-state index contributed by atoms with van der Waals surface area (Å²) in [5, 5.41) is 1.62. The molecule has 0 spiro atoms. The number of hydroxylamine groups is 1. The Balaban J connectivity index is 0.00000450. The topological polar surface area (TPSA) is 136 Å². The quantitative estimate of drug-likeness (QED) is 0.405. The summed E-state index contributed by atoms with van der Waals surface area (Å²) in [6.45, 7) is -1.63. The summed E-state index contributed by atoms with van der Waals surface area (Å²) in [4.78, 5) is 23.0. The summed E-state index contributed by atoms with van der Waals surface area (Å²) in [5.74, 6) is -0.538. The molecule has 158 valence electrons. The minimum absolute atomic E-state index is 0. The van der Waals surface area contributed by atoms with Crippen molar-refractivity contribution in [2.45, 2.75) is 11.2 Å². The molecule has 0 saturated heterocycles. The van der Waals surface area contributed by atoms with E-state index in [1.54, 1.807) is 0 Å². The molecule has 2 aromatic heterocycles. The van der Waals surface area contributed by atoms with Crippen molar-refractivity contribution < 1.29 is 70.2 Å². The smallest absolute Gasteiger partial charge is 0.481 e. The number of halogens is 3. The van der Waals surface area contributed by atoms with Crippen LogP contribution in [0.15, 0.2) is 29.4 Å². The van der Waals surface area contributed by atoms with E-state index >= 15 is 0 Å². The summed E-state index contributed by atoms with van der Waals surface area (Å²) in [7, 11) is 2.66. The minimum atomic E-state index is -4.61. The standard InChI is InChI=1S/C14H14F3N5O6S.Na/c1-25-9-6-10(26-2)20-12(19-9)21-13(23)22-28-29(24)11-8(4-3-5-18-11)27-7-14(15,16)17;/h3-6H,7H2,1-2H3,(H2,19,20,21,22,23);/q;+1/p-1. The zero-order valence-corrected chi connectivity index (χ0v) is 18.6. The third-order valence-corrected chi connectivity index (χ3v) is 3.62. The summed E-state index contributed by atoms with van der Waals surface area (Å²) in [6, 6.07) is 2.56. The van der Waals surface area contributed by atoms with Gasteiger partial charge in [0.1, 0.15) is 0 Å². The molecule has 0 aliphatic rings. The van der Waals surface area contributed by atoms with Gasteiger partial charge in [0.15, 0.2) is 29.4 Å². The number of anilines is 1. The number of pyridine rings is 1. The van der Waals surface area contributed by atoms with Crippen LogP contribution < -0.4 is 49.1 Å². The molecule has 2 rings (SSSR count). The summed E-state index contributed by atoms with van der Waals surface area (Å²) < 4.78 is 67.8. The number of carbonyl (C=O) groups is 1. The maximum atomic E-state index is 12.3. The third kappa shape index (κ3) is 8.27. The molecule has 0 radical (unpaired) electrons. The summed E-state index contributed by atoms with van der Waals surface area (Å²) in [6.07, 6.45) is -3.47. The molecule has 2 heterocycles. The fraction of sp³-hybridized carbons (Fsp3) is 0.286. The van der Waals surface area contributed by atoms with Crippen molar-refractivity contribution in [1.82, 2.24) is 15.0 Å². The van der Waals surface area contributed by atoms with Crippen molar-refractivity contribution in [2.24, 2.45) is 0 Å². The van der Waals surface area contributed by atoms with E-state index in [2.05, 4.69) is 34.8 Å². The van der Waals surface area contributed by atoms with E-state index in [4.69, 9.17) is 9.47 Å². The largest absolute Gasteiger partial charge is 1.00 e. The Morgan fingerprint density at radius 3 is 2.43 bits per heavy atom. The number of hydrogen-bond donors (Lipinski definition) is 1. The zero-order chi connectivity index (χ0) is 21.4. The second-order valence-electron chi connectivity index (χ2n) is 4.82. The Morgan fingerprint density at radius 1 is 1.23 bits per heavy atom. The summed E-state index contributed by atoms with van der Waals surface area (Å²) in [5.41, 5.74) is 3.03. The van der Waals surface area contributed by atoms with Gasteiger partial charge in [0.25, 0.3) is 0 Å². The van der Waals surface area contributed by atoms with Gasteiger partial charge in [-0.2, -0.15) is 23.1 Å². The van der Waals surface area contributed by atoms with Gasteiger partial charge in [-0.25, -0.2) is 13.5 Å².